The van der Waals surface area contributed by atoms with Crippen molar-refractivity contribution in [1.82, 2.24) is 10.3 Å². The molecule has 2 aromatic rings. The van der Waals surface area contributed by atoms with Crippen LogP contribution in [0.25, 0.3) is 0 Å². The minimum Gasteiger partial charge on any atom is -0.357 e. The van der Waals surface area contributed by atoms with Gasteiger partial charge >= 0.3 is 0 Å². The standard InChI is InChI=1S/C19H26N4O.2ClH/c1-4-23(5-2)17-12-11-15(13-21-17)14-22-18(24)19(3,20)16-9-7-6-8-10-16;;/h6-13H,4-5,14,20H2,1-3H3,(H,22,24);2*1H. The van der Waals surface area contributed by atoms with E-state index in [9.17, 15) is 4.79 Å². The van der Waals surface area contributed by atoms with Gasteiger partial charge in [0.1, 0.15) is 11.4 Å². The average molecular weight is 399 g/mol. The number of hydrogen-bond donors (Lipinski definition) is 2. The third-order valence-corrected chi connectivity index (χ3v) is 4.19. The van der Waals surface area contributed by atoms with Crippen LogP contribution in [0.2, 0.25) is 0 Å². The summed E-state index contributed by atoms with van der Waals surface area (Å²) in [6, 6.07) is 13.3. The van der Waals surface area contributed by atoms with Gasteiger partial charge in [0, 0.05) is 25.8 Å². The number of nitrogens with one attached hydrogen (secondary N) is 1. The molecule has 1 aromatic carbocycles. The van der Waals surface area contributed by atoms with E-state index < -0.39 is 5.54 Å². The van der Waals surface area contributed by atoms with Gasteiger partial charge < -0.3 is 16.0 Å². The monoisotopic (exact) mass is 398 g/mol. The molecule has 1 heterocycles. The van der Waals surface area contributed by atoms with Crippen molar-refractivity contribution in [2.75, 3.05) is 18.0 Å². The zero-order valence-corrected chi connectivity index (χ0v) is 17.1. The molecule has 0 aliphatic heterocycles. The van der Waals surface area contributed by atoms with E-state index in [4.69, 9.17) is 5.73 Å². The van der Waals surface area contributed by atoms with E-state index in [2.05, 4.69) is 29.0 Å². The second kappa shape index (κ2) is 11.0. The lowest BCUT2D eigenvalue weighted by atomic mass is 9.92. The lowest BCUT2D eigenvalue weighted by Crippen LogP contribution is -2.48. The summed E-state index contributed by atoms with van der Waals surface area (Å²) in [6.45, 7) is 8.17. The molecule has 1 atom stereocenters. The highest BCUT2D eigenvalue weighted by atomic mass is 35.5. The molecular formula is C19H28Cl2N4O. The highest BCUT2D eigenvalue weighted by Crippen LogP contribution is 2.17. The average Bonchev–Trinajstić information content (AvgIpc) is 2.62. The molecular weight excluding hydrogens is 371 g/mol. The molecule has 2 rings (SSSR count). The first-order valence-corrected chi connectivity index (χ1v) is 8.31. The van der Waals surface area contributed by atoms with E-state index in [-0.39, 0.29) is 30.7 Å². The highest BCUT2D eigenvalue weighted by molar-refractivity contribution is 5.87. The number of nitrogens with two attached hydrogens (primary N) is 1. The Labute approximate surface area is 168 Å². The normalized spacial score (nSPS) is 12.2. The van der Waals surface area contributed by atoms with Crippen LogP contribution in [-0.4, -0.2) is 24.0 Å². The van der Waals surface area contributed by atoms with E-state index in [0.29, 0.717) is 6.54 Å². The smallest absolute Gasteiger partial charge is 0.244 e. The van der Waals surface area contributed by atoms with Gasteiger partial charge in [-0.3, -0.25) is 4.79 Å². The van der Waals surface area contributed by atoms with Crippen molar-refractivity contribution in [1.29, 1.82) is 0 Å². The molecule has 0 fully saturated rings. The SMILES string of the molecule is CCN(CC)c1ccc(CNC(=O)C(C)(N)c2ccccc2)cn1.Cl.Cl. The van der Waals surface area contributed by atoms with Crippen molar-refractivity contribution in [2.45, 2.75) is 32.9 Å². The van der Waals surface area contributed by atoms with Crippen LogP contribution in [0.4, 0.5) is 5.82 Å². The van der Waals surface area contributed by atoms with Crippen LogP contribution >= 0.6 is 24.8 Å². The molecule has 144 valence electrons. The number of halogens is 2. The van der Waals surface area contributed by atoms with Gasteiger partial charge in [-0.1, -0.05) is 36.4 Å². The number of carbonyl (C=O) groups excluding carboxylic acids is 1. The second-order valence-corrected chi connectivity index (χ2v) is 5.95. The van der Waals surface area contributed by atoms with Crippen LogP contribution in [0, 0.1) is 0 Å². The summed E-state index contributed by atoms with van der Waals surface area (Å²) >= 11 is 0. The largest absolute Gasteiger partial charge is 0.357 e. The summed E-state index contributed by atoms with van der Waals surface area (Å²) < 4.78 is 0. The van der Waals surface area contributed by atoms with E-state index in [1.54, 1.807) is 13.1 Å². The van der Waals surface area contributed by atoms with Gasteiger partial charge in [0.2, 0.25) is 5.91 Å². The predicted molar refractivity (Wildman–Crippen MR) is 112 cm³/mol. The minimum atomic E-state index is -1.06. The molecule has 0 aliphatic rings. The molecule has 0 saturated carbocycles. The molecule has 0 radical (unpaired) electrons. The quantitative estimate of drug-likeness (QED) is 0.750. The lowest BCUT2D eigenvalue weighted by molar-refractivity contribution is -0.126. The first-order chi connectivity index (χ1) is 11.5. The van der Waals surface area contributed by atoms with E-state index in [1.807, 2.05) is 42.5 Å². The third kappa shape index (κ3) is 5.87. The van der Waals surface area contributed by atoms with Crippen molar-refractivity contribution < 1.29 is 4.79 Å². The maximum atomic E-state index is 12.4. The Morgan fingerprint density at radius 3 is 2.23 bits per heavy atom. The molecule has 5 nitrogen and oxygen atoms in total. The summed E-state index contributed by atoms with van der Waals surface area (Å²) in [6.07, 6.45) is 1.80. The number of amides is 1. The summed E-state index contributed by atoms with van der Waals surface area (Å²) in [7, 11) is 0. The number of anilines is 1. The fourth-order valence-corrected chi connectivity index (χ4v) is 2.54. The summed E-state index contributed by atoms with van der Waals surface area (Å²) in [5, 5.41) is 2.90. The molecule has 1 unspecified atom stereocenters. The molecule has 3 N–H and O–H groups in total. The molecule has 1 amide bonds. The minimum absolute atomic E-state index is 0. The summed E-state index contributed by atoms with van der Waals surface area (Å²) in [5.74, 6) is 0.740. The van der Waals surface area contributed by atoms with Gasteiger partial charge in [-0.15, -0.1) is 24.8 Å². The topological polar surface area (TPSA) is 71.2 Å². The van der Waals surface area contributed by atoms with Gasteiger partial charge in [0.15, 0.2) is 0 Å². The third-order valence-electron chi connectivity index (χ3n) is 4.19. The Hall–Kier alpha value is -1.82. The molecule has 0 aliphatic carbocycles. The van der Waals surface area contributed by atoms with Crippen LogP contribution in [-0.2, 0) is 16.9 Å². The van der Waals surface area contributed by atoms with Gasteiger partial charge in [-0.05, 0) is 38.0 Å². The van der Waals surface area contributed by atoms with Crippen molar-refractivity contribution in [2.24, 2.45) is 5.73 Å². The Bertz CT molecular complexity index is 659. The maximum Gasteiger partial charge on any atom is 0.244 e. The molecule has 26 heavy (non-hydrogen) atoms. The summed E-state index contributed by atoms with van der Waals surface area (Å²) in [4.78, 5) is 19.1. The van der Waals surface area contributed by atoms with Crippen LogP contribution in [0.3, 0.4) is 0 Å². The number of hydrogen-bond acceptors (Lipinski definition) is 4. The number of pyridine rings is 1. The number of aromatic nitrogens is 1. The Morgan fingerprint density at radius 2 is 1.73 bits per heavy atom. The Kier molecular flexibility index (Phi) is 10.2. The van der Waals surface area contributed by atoms with E-state index in [1.165, 1.54) is 0 Å². The predicted octanol–water partition coefficient (Wildman–Crippen LogP) is 3.26. The van der Waals surface area contributed by atoms with Crippen molar-refractivity contribution in [3.05, 3.63) is 59.8 Å². The van der Waals surface area contributed by atoms with Crippen LogP contribution < -0.4 is 16.0 Å². The fourth-order valence-electron chi connectivity index (χ4n) is 2.54. The lowest BCUT2D eigenvalue weighted by Gasteiger charge is -2.24. The molecule has 7 heteroatoms. The Balaban J connectivity index is 0.00000312. The van der Waals surface area contributed by atoms with Crippen molar-refractivity contribution in [3.63, 3.8) is 0 Å². The number of carbonyl (C=O) groups is 1. The van der Waals surface area contributed by atoms with Gasteiger partial charge in [-0.25, -0.2) is 4.98 Å². The zero-order valence-electron chi connectivity index (χ0n) is 15.4. The zero-order chi connectivity index (χ0) is 17.6. The van der Waals surface area contributed by atoms with Crippen LogP contribution in [0.5, 0.6) is 0 Å². The number of benzene rings is 1. The van der Waals surface area contributed by atoms with Gasteiger partial charge in [-0.2, -0.15) is 0 Å². The molecule has 0 bridgehead atoms. The first kappa shape index (κ1) is 24.2. The summed E-state index contributed by atoms with van der Waals surface area (Å²) in [5.41, 5.74) is 6.89. The van der Waals surface area contributed by atoms with E-state index >= 15 is 0 Å². The molecule has 1 aromatic heterocycles. The first-order valence-electron chi connectivity index (χ1n) is 8.31. The van der Waals surface area contributed by atoms with Gasteiger partial charge in [0.05, 0.1) is 0 Å². The van der Waals surface area contributed by atoms with Crippen molar-refractivity contribution in [3.8, 4) is 0 Å². The van der Waals surface area contributed by atoms with Crippen molar-refractivity contribution >= 4 is 36.5 Å². The number of rotatable bonds is 7. The van der Waals surface area contributed by atoms with Gasteiger partial charge in [0.25, 0.3) is 0 Å². The highest BCUT2D eigenvalue weighted by Gasteiger charge is 2.29. The van der Waals surface area contributed by atoms with E-state index in [0.717, 1.165) is 30.0 Å². The molecule has 0 spiro atoms. The Morgan fingerprint density at radius 1 is 1.12 bits per heavy atom. The second-order valence-electron chi connectivity index (χ2n) is 5.95. The molecule has 0 saturated heterocycles. The fraction of sp³-hybridized carbons (Fsp3) is 0.368. The number of nitrogens with zero attached hydrogens (tertiary/aromatic N) is 2. The maximum absolute atomic E-state index is 12.4. The van der Waals surface area contributed by atoms with Crippen LogP contribution in [0.15, 0.2) is 48.7 Å². The van der Waals surface area contributed by atoms with Crippen LogP contribution in [0.1, 0.15) is 31.9 Å².